The predicted octanol–water partition coefficient (Wildman–Crippen LogP) is 2.50. The fourth-order valence-electron chi connectivity index (χ4n) is 2.83. The molecule has 2 N–H and O–H groups in total. The molecule has 2 aromatic heterocycles. The summed E-state index contributed by atoms with van der Waals surface area (Å²) in [6, 6.07) is 9.51. The van der Waals surface area contributed by atoms with Crippen LogP contribution < -0.4 is 5.32 Å². The highest BCUT2D eigenvalue weighted by molar-refractivity contribution is 5.94. The fraction of sp³-hybridized carbons (Fsp3) is 0.316. The van der Waals surface area contributed by atoms with Gasteiger partial charge in [-0.1, -0.05) is 11.3 Å². The number of carbonyl (C=O) groups excluding carboxylic acids is 1. The van der Waals surface area contributed by atoms with E-state index in [0.29, 0.717) is 12.1 Å². The van der Waals surface area contributed by atoms with E-state index in [2.05, 4.69) is 20.6 Å². The first-order valence-electron chi connectivity index (χ1n) is 8.58. The molecule has 1 aromatic carbocycles. The number of hydrogen-bond donors (Lipinski definition) is 2. The van der Waals surface area contributed by atoms with Gasteiger partial charge in [0, 0.05) is 23.5 Å². The van der Waals surface area contributed by atoms with Crippen molar-refractivity contribution in [2.45, 2.75) is 39.2 Å². The Bertz CT molecular complexity index is 1010. The Morgan fingerprint density at radius 1 is 1.26 bits per heavy atom. The SMILES string of the molecule is Cc1c(C(=O)NC(C)(C)CCC(=O)O)nnn1-c1ccc2ncccc2c1. The Morgan fingerprint density at radius 3 is 2.78 bits per heavy atom. The second kappa shape index (κ2) is 7.14. The van der Waals surface area contributed by atoms with Gasteiger partial charge in [0.1, 0.15) is 0 Å². The molecule has 0 aliphatic carbocycles. The molecule has 8 heteroatoms. The van der Waals surface area contributed by atoms with Gasteiger partial charge < -0.3 is 10.4 Å². The highest BCUT2D eigenvalue weighted by Gasteiger charge is 2.25. The number of amides is 1. The molecule has 0 aliphatic rings. The van der Waals surface area contributed by atoms with E-state index in [4.69, 9.17) is 5.11 Å². The lowest BCUT2D eigenvalue weighted by Gasteiger charge is -2.25. The molecule has 0 radical (unpaired) electrons. The number of carbonyl (C=O) groups is 2. The van der Waals surface area contributed by atoms with Crippen LogP contribution in [0.15, 0.2) is 36.5 Å². The molecule has 0 atom stereocenters. The number of pyridine rings is 1. The van der Waals surface area contributed by atoms with Gasteiger partial charge in [-0.05, 0) is 51.5 Å². The summed E-state index contributed by atoms with van der Waals surface area (Å²) in [5.41, 5.74) is 1.80. The van der Waals surface area contributed by atoms with Crippen LogP contribution in [-0.2, 0) is 4.79 Å². The van der Waals surface area contributed by atoms with Crippen LogP contribution in [0.2, 0.25) is 0 Å². The highest BCUT2D eigenvalue weighted by Crippen LogP contribution is 2.19. The molecule has 8 nitrogen and oxygen atoms in total. The van der Waals surface area contributed by atoms with Crippen molar-refractivity contribution in [1.82, 2.24) is 25.3 Å². The number of benzene rings is 1. The molecule has 0 saturated carbocycles. The number of aliphatic carboxylic acids is 1. The molecule has 140 valence electrons. The van der Waals surface area contributed by atoms with Gasteiger partial charge >= 0.3 is 5.97 Å². The van der Waals surface area contributed by atoms with Gasteiger partial charge in [-0.2, -0.15) is 0 Å². The lowest BCUT2D eigenvalue weighted by atomic mass is 9.98. The number of nitrogens with one attached hydrogen (secondary N) is 1. The normalized spacial score (nSPS) is 11.5. The molecule has 0 spiro atoms. The maximum absolute atomic E-state index is 12.6. The molecule has 3 aromatic rings. The van der Waals surface area contributed by atoms with E-state index in [1.54, 1.807) is 31.6 Å². The van der Waals surface area contributed by atoms with Crippen LogP contribution >= 0.6 is 0 Å². The van der Waals surface area contributed by atoms with Crippen LogP contribution in [0.5, 0.6) is 0 Å². The van der Waals surface area contributed by atoms with Gasteiger partial charge in [0.15, 0.2) is 5.69 Å². The maximum atomic E-state index is 12.6. The number of nitrogens with zero attached hydrogens (tertiary/aromatic N) is 4. The minimum Gasteiger partial charge on any atom is -0.481 e. The fourth-order valence-corrected chi connectivity index (χ4v) is 2.83. The zero-order valence-electron chi connectivity index (χ0n) is 15.4. The lowest BCUT2D eigenvalue weighted by Crippen LogP contribution is -2.44. The Labute approximate surface area is 156 Å². The number of rotatable bonds is 6. The smallest absolute Gasteiger partial charge is 0.303 e. The summed E-state index contributed by atoms with van der Waals surface area (Å²) < 4.78 is 1.60. The minimum atomic E-state index is -0.898. The summed E-state index contributed by atoms with van der Waals surface area (Å²) in [5, 5.41) is 20.8. The Hall–Kier alpha value is -3.29. The summed E-state index contributed by atoms with van der Waals surface area (Å²) in [6.45, 7) is 5.33. The van der Waals surface area contributed by atoms with Crippen molar-refractivity contribution < 1.29 is 14.7 Å². The van der Waals surface area contributed by atoms with Crippen LogP contribution in [-0.4, -0.2) is 42.5 Å². The third-order valence-electron chi connectivity index (χ3n) is 4.36. The van der Waals surface area contributed by atoms with Gasteiger partial charge in [-0.3, -0.25) is 14.6 Å². The molecule has 2 heterocycles. The van der Waals surface area contributed by atoms with Gasteiger partial charge in [0.05, 0.1) is 16.9 Å². The number of hydrogen-bond acceptors (Lipinski definition) is 5. The van der Waals surface area contributed by atoms with Crippen molar-refractivity contribution >= 4 is 22.8 Å². The third kappa shape index (κ3) is 4.11. The van der Waals surface area contributed by atoms with Crippen LogP contribution in [0.3, 0.4) is 0 Å². The lowest BCUT2D eigenvalue weighted by molar-refractivity contribution is -0.137. The van der Waals surface area contributed by atoms with E-state index in [0.717, 1.165) is 16.6 Å². The topological polar surface area (TPSA) is 110 Å². The van der Waals surface area contributed by atoms with Crippen molar-refractivity contribution in [3.8, 4) is 5.69 Å². The predicted molar refractivity (Wildman–Crippen MR) is 99.8 cm³/mol. The number of aromatic nitrogens is 4. The summed E-state index contributed by atoms with van der Waals surface area (Å²) in [4.78, 5) is 27.7. The molecular formula is C19H21N5O3. The summed E-state index contributed by atoms with van der Waals surface area (Å²) in [7, 11) is 0. The van der Waals surface area contributed by atoms with E-state index >= 15 is 0 Å². The average molecular weight is 367 g/mol. The summed E-state index contributed by atoms with van der Waals surface area (Å²) in [5.74, 6) is -1.28. The first-order chi connectivity index (χ1) is 12.8. The first kappa shape index (κ1) is 18.5. The van der Waals surface area contributed by atoms with Crippen molar-refractivity contribution in [3.05, 3.63) is 47.9 Å². The monoisotopic (exact) mass is 367 g/mol. The van der Waals surface area contributed by atoms with Crippen LogP contribution in [0.4, 0.5) is 0 Å². The van der Waals surface area contributed by atoms with E-state index in [9.17, 15) is 9.59 Å². The Balaban J connectivity index is 1.83. The molecule has 1 amide bonds. The first-order valence-corrected chi connectivity index (χ1v) is 8.58. The van der Waals surface area contributed by atoms with Crippen LogP contribution in [0.25, 0.3) is 16.6 Å². The van der Waals surface area contributed by atoms with E-state index in [1.165, 1.54) is 0 Å². The van der Waals surface area contributed by atoms with E-state index in [1.807, 2.05) is 30.3 Å². The van der Waals surface area contributed by atoms with Crippen LogP contribution in [0, 0.1) is 6.92 Å². The Morgan fingerprint density at radius 2 is 2.04 bits per heavy atom. The van der Waals surface area contributed by atoms with Crippen molar-refractivity contribution in [1.29, 1.82) is 0 Å². The van der Waals surface area contributed by atoms with Crippen molar-refractivity contribution in [3.63, 3.8) is 0 Å². The maximum Gasteiger partial charge on any atom is 0.303 e. The van der Waals surface area contributed by atoms with Crippen LogP contribution in [0.1, 0.15) is 42.9 Å². The molecule has 3 rings (SSSR count). The molecule has 0 aliphatic heterocycles. The van der Waals surface area contributed by atoms with Gasteiger partial charge in [0.2, 0.25) is 0 Å². The summed E-state index contributed by atoms with van der Waals surface area (Å²) in [6.07, 6.45) is 2.03. The van der Waals surface area contributed by atoms with Gasteiger partial charge in [-0.25, -0.2) is 4.68 Å². The van der Waals surface area contributed by atoms with Gasteiger partial charge in [-0.15, -0.1) is 5.10 Å². The number of carboxylic acids is 1. The van der Waals surface area contributed by atoms with Gasteiger partial charge in [0.25, 0.3) is 5.91 Å². The molecular weight excluding hydrogens is 346 g/mol. The molecule has 0 bridgehead atoms. The highest BCUT2D eigenvalue weighted by atomic mass is 16.4. The number of carboxylic acid groups (broad SMARTS) is 1. The number of fused-ring (bicyclic) bond motifs is 1. The quantitative estimate of drug-likeness (QED) is 0.693. The van der Waals surface area contributed by atoms with Crippen molar-refractivity contribution in [2.75, 3.05) is 0 Å². The zero-order chi connectivity index (χ0) is 19.6. The zero-order valence-corrected chi connectivity index (χ0v) is 15.4. The van der Waals surface area contributed by atoms with E-state index in [-0.39, 0.29) is 18.0 Å². The summed E-state index contributed by atoms with van der Waals surface area (Å²) >= 11 is 0. The standard InChI is InChI=1S/C19H21N5O3/c1-12-17(18(27)21-19(2,3)9-8-16(25)26)22-23-24(12)14-6-7-15-13(11-14)5-4-10-20-15/h4-7,10-11H,8-9H2,1-3H3,(H,21,27)(H,25,26). The average Bonchev–Trinajstić information content (AvgIpc) is 3.01. The van der Waals surface area contributed by atoms with Crippen molar-refractivity contribution in [2.24, 2.45) is 0 Å². The largest absolute Gasteiger partial charge is 0.481 e. The molecule has 0 saturated heterocycles. The minimum absolute atomic E-state index is 0.0237. The second-order valence-electron chi connectivity index (χ2n) is 7.05. The van der Waals surface area contributed by atoms with E-state index < -0.39 is 11.5 Å². The molecule has 27 heavy (non-hydrogen) atoms. The Kier molecular flexibility index (Phi) is 4.89. The molecule has 0 fully saturated rings. The molecule has 0 unspecified atom stereocenters. The third-order valence-corrected chi connectivity index (χ3v) is 4.36. The second-order valence-corrected chi connectivity index (χ2v) is 7.05.